The molecule has 0 aliphatic carbocycles. The van der Waals surface area contributed by atoms with Gasteiger partial charge in [-0.1, -0.05) is 19.8 Å². The Kier molecular flexibility index (Phi) is 19.6. The van der Waals surface area contributed by atoms with E-state index in [-0.39, 0.29) is 5.97 Å². The van der Waals surface area contributed by atoms with Crippen LogP contribution in [0.2, 0.25) is 4.44 Å². The maximum absolute atomic E-state index is 10.7. The SMILES string of the molecule is CCCCCC(=O)OCC.CCC[CH2][SnH]. The summed E-state index contributed by atoms with van der Waals surface area (Å²) in [6.45, 7) is 6.68. The molecular formula is C12H26O2Sn. The van der Waals surface area contributed by atoms with Gasteiger partial charge in [0.05, 0.1) is 6.61 Å². The zero-order chi connectivity index (χ0) is 11.9. The van der Waals surface area contributed by atoms with Gasteiger partial charge in [0.2, 0.25) is 0 Å². The molecule has 0 aromatic carbocycles. The molecule has 3 heteroatoms. The number of hydrogen-bond acceptors (Lipinski definition) is 2. The normalized spacial score (nSPS) is 9.07. The van der Waals surface area contributed by atoms with E-state index in [0.29, 0.717) is 13.0 Å². The van der Waals surface area contributed by atoms with Crippen LogP contribution in [-0.2, 0) is 9.53 Å². The van der Waals surface area contributed by atoms with Gasteiger partial charge < -0.3 is 4.74 Å². The monoisotopic (exact) mass is 322 g/mol. The van der Waals surface area contributed by atoms with Crippen LogP contribution in [0.15, 0.2) is 0 Å². The third kappa shape index (κ3) is 20.4. The fourth-order valence-electron chi connectivity index (χ4n) is 0.957. The summed E-state index contributed by atoms with van der Waals surface area (Å²) in [7, 11) is 0. The Morgan fingerprint density at radius 3 is 2.00 bits per heavy atom. The summed E-state index contributed by atoms with van der Waals surface area (Å²) in [5.74, 6) is -0.0593. The topological polar surface area (TPSA) is 26.3 Å². The van der Waals surface area contributed by atoms with Crippen LogP contribution in [0, 0.1) is 0 Å². The first-order valence-electron chi connectivity index (χ1n) is 6.08. The second-order valence-corrected chi connectivity index (χ2v) is 5.05. The van der Waals surface area contributed by atoms with Gasteiger partial charge in [-0.15, -0.1) is 0 Å². The Hall–Kier alpha value is 0.269. The van der Waals surface area contributed by atoms with E-state index in [4.69, 9.17) is 4.74 Å². The van der Waals surface area contributed by atoms with Crippen LogP contribution in [-0.4, -0.2) is 35.1 Å². The molecule has 0 spiro atoms. The molecular weight excluding hydrogens is 295 g/mol. The van der Waals surface area contributed by atoms with Gasteiger partial charge in [-0.05, 0) is 13.3 Å². The zero-order valence-corrected chi connectivity index (χ0v) is 13.8. The zero-order valence-electron chi connectivity index (χ0n) is 10.6. The Morgan fingerprint density at radius 1 is 1.07 bits per heavy atom. The van der Waals surface area contributed by atoms with Crippen LogP contribution < -0.4 is 0 Å². The first kappa shape index (κ1) is 17.7. The molecule has 0 N–H and O–H groups in total. The van der Waals surface area contributed by atoms with E-state index in [1.165, 1.54) is 39.8 Å². The summed E-state index contributed by atoms with van der Waals surface area (Å²) in [5.41, 5.74) is 0. The maximum atomic E-state index is 10.7. The molecule has 0 fully saturated rings. The van der Waals surface area contributed by atoms with Gasteiger partial charge in [0.15, 0.2) is 0 Å². The van der Waals surface area contributed by atoms with Crippen LogP contribution in [0.1, 0.15) is 59.3 Å². The van der Waals surface area contributed by atoms with Crippen LogP contribution in [0.4, 0.5) is 0 Å². The molecule has 0 aliphatic rings. The average molecular weight is 321 g/mol. The quantitative estimate of drug-likeness (QED) is 0.409. The van der Waals surface area contributed by atoms with Crippen molar-refractivity contribution in [3.63, 3.8) is 0 Å². The molecule has 0 aromatic heterocycles. The van der Waals surface area contributed by atoms with Crippen molar-refractivity contribution in [3.05, 3.63) is 0 Å². The molecule has 90 valence electrons. The molecule has 0 atom stereocenters. The third-order valence-corrected chi connectivity index (χ3v) is 3.01. The summed E-state index contributed by atoms with van der Waals surface area (Å²) in [6, 6.07) is 0. The summed E-state index contributed by atoms with van der Waals surface area (Å²) in [6.07, 6.45) is 6.65. The van der Waals surface area contributed by atoms with Gasteiger partial charge in [0, 0.05) is 6.42 Å². The molecule has 0 aromatic rings. The fourth-order valence-corrected chi connectivity index (χ4v) is 2.12. The van der Waals surface area contributed by atoms with E-state index in [2.05, 4.69) is 13.8 Å². The minimum atomic E-state index is -0.0593. The van der Waals surface area contributed by atoms with Gasteiger partial charge in [0.1, 0.15) is 0 Å². The number of hydrogen-bond donors (Lipinski definition) is 0. The van der Waals surface area contributed by atoms with Gasteiger partial charge in [-0.2, -0.15) is 0 Å². The Labute approximate surface area is 108 Å². The van der Waals surface area contributed by atoms with Crippen LogP contribution >= 0.6 is 0 Å². The van der Waals surface area contributed by atoms with Gasteiger partial charge >= 0.3 is 52.7 Å². The molecule has 0 unspecified atom stereocenters. The molecule has 0 amide bonds. The number of carbonyl (C=O) groups excluding carboxylic acids is 1. The van der Waals surface area contributed by atoms with Crippen molar-refractivity contribution in [2.24, 2.45) is 0 Å². The molecule has 0 rings (SSSR count). The minimum absolute atomic E-state index is 0.0593. The Bertz CT molecular complexity index is 125. The van der Waals surface area contributed by atoms with Crippen molar-refractivity contribution in [1.29, 1.82) is 0 Å². The van der Waals surface area contributed by atoms with Crippen molar-refractivity contribution in [1.82, 2.24) is 0 Å². The number of carbonyl (C=O) groups is 1. The van der Waals surface area contributed by atoms with E-state index >= 15 is 0 Å². The second kappa shape index (κ2) is 16.7. The Morgan fingerprint density at radius 2 is 1.67 bits per heavy atom. The number of ether oxygens (including phenoxy) is 1. The first-order valence-corrected chi connectivity index (χ1v) is 8.41. The van der Waals surface area contributed by atoms with Crippen LogP contribution in [0.25, 0.3) is 0 Å². The van der Waals surface area contributed by atoms with Crippen molar-refractivity contribution in [2.75, 3.05) is 6.61 Å². The van der Waals surface area contributed by atoms with Crippen molar-refractivity contribution >= 4 is 28.5 Å². The van der Waals surface area contributed by atoms with E-state index in [1.54, 1.807) is 0 Å². The first-order chi connectivity index (χ1) is 7.22. The Balaban J connectivity index is 0. The third-order valence-electron chi connectivity index (χ3n) is 1.85. The van der Waals surface area contributed by atoms with E-state index < -0.39 is 0 Å². The molecule has 0 saturated carbocycles. The molecule has 0 aliphatic heterocycles. The van der Waals surface area contributed by atoms with Gasteiger partial charge in [0.25, 0.3) is 0 Å². The van der Waals surface area contributed by atoms with Crippen molar-refractivity contribution in [3.8, 4) is 0 Å². The number of esters is 1. The van der Waals surface area contributed by atoms with Crippen LogP contribution in [0.5, 0.6) is 0 Å². The summed E-state index contributed by atoms with van der Waals surface area (Å²) >= 11 is 1.45. The molecule has 0 heterocycles. The standard InChI is InChI=1S/C8H16O2.C4H9.Sn.H/c1-3-5-6-7-8(9)10-4-2;1-3-4-2;;/h3-7H2,1-2H3;1,3-4H2,2H3;;. The fraction of sp³-hybridized carbons (Fsp3) is 0.917. The average Bonchev–Trinajstić information content (AvgIpc) is 2.21. The van der Waals surface area contributed by atoms with Crippen molar-refractivity contribution < 1.29 is 9.53 Å². The number of rotatable bonds is 7. The van der Waals surface area contributed by atoms with Crippen LogP contribution in [0.3, 0.4) is 0 Å². The summed E-state index contributed by atoms with van der Waals surface area (Å²) in [5, 5.41) is 0. The van der Waals surface area contributed by atoms with E-state index in [0.717, 1.165) is 19.3 Å². The molecule has 15 heavy (non-hydrogen) atoms. The summed E-state index contributed by atoms with van der Waals surface area (Å²) < 4.78 is 6.22. The van der Waals surface area contributed by atoms with Gasteiger partial charge in [-0.25, -0.2) is 0 Å². The predicted octanol–water partition coefficient (Wildman–Crippen LogP) is 3.24. The summed E-state index contributed by atoms with van der Waals surface area (Å²) in [4.78, 5) is 10.7. The number of unbranched alkanes of at least 4 members (excludes halogenated alkanes) is 3. The van der Waals surface area contributed by atoms with Gasteiger partial charge in [-0.3, -0.25) is 4.79 Å². The molecule has 0 bridgehead atoms. The molecule has 2 nitrogen and oxygen atoms in total. The molecule has 0 saturated heterocycles. The van der Waals surface area contributed by atoms with Crippen molar-refractivity contribution in [2.45, 2.75) is 63.7 Å². The second-order valence-electron chi connectivity index (χ2n) is 3.40. The predicted molar refractivity (Wildman–Crippen MR) is 67.6 cm³/mol. The van der Waals surface area contributed by atoms with E-state index in [1.807, 2.05) is 6.92 Å². The van der Waals surface area contributed by atoms with E-state index in [9.17, 15) is 4.79 Å². The molecule has 2 radical (unpaired) electrons.